The Labute approximate surface area is 233 Å². The zero-order valence-electron chi connectivity index (χ0n) is 21.1. The van der Waals surface area contributed by atoms with Gasteiger partial charge in [0.15, 0.2) is 0 Å². The summed E-state index contributed by atoms with van der Waals surface area (Å²) in [5, 5.41) is 16.7. The smallest absolute Gasteiger partial charge is 0.319 e. The van der Waals surface area contributed by atoms with Crippen LogP contribution in [0.15, 0.2) is 65.3 Å². The number of carbonyl (C=O) groups excluding carboxylic acids is 2. The number of benzene rings is 2. The number of rotatable bonds is 6. The Morgan fingerprint density at radius 1 is 1.00 bits per heavy atom. The second kappa shape index (κ2) is 10.6. The number of nitrogens with one attached hydrogen (secondary N) is 3. The van der Waals surface area contributed by atoms with Crippen LogP contribution in [0.5, 0.6) is 0 Å². The molecule has 5 rings (SSSR count). The lowest BCUT2D eigenvalue weighted by Gasteiger charge is -2.13. The molecule has 5 aromatic rings. The van der Waals surface area contributed by atoms with Crippen molar-refractivity contribution < 1.29 is 22.8 Å². The van der Waals surface area contributed by atoms with E-state index in [1.807, 2.05) is 0 Å². The van der Waals surface area contributed by atoms with Crippen molar-refractivity contribution in [1.29, 1.82) is 0 Å². The van der Waals surface area contributed by atoms with E-state index in [0.717, 1.165) is 11.6 Å². The lowest BCUT2D eigenvalue weighted by Crippen LogP contribution is -2.17. The van der Waals surface area contributed by atoms with Crippen LogP contribution >= 0.6 is 15.9 Å². The van der Waals surface area contributed by atoms with Crippen LogP contribution in [0.2, 0.25) is 0 Å². The molecule has 0 aliphatic rings. The number of aryl methyl sites for hydroxylation is 1. The van der Waals surface area contributed by atoms with Gasteiger partial charge in [-0.25, -0.2) is 4.98 Å². The first kappa shape index (κ1) is 27.1. The van der Waals surface area contributed by atoms with E-state index in [9.17, 15) is 22.8 Å². The van der Waals surface area contributed by atoms with Gasteiger partial charge in [0.25, 0.3) is 11.8 Å². The number of aromatic nitrogens is 5. The molecular weight excluding hydrogens is 591 g/mol. The predicted molar refractivity (Wildman–Crippen MR) is 146 cm³/mol. The average Bonchev–Trinajstić information content (AvgIpc) is 3.51. The van der Waals surface area contributed by atoms with E-state index in [4.69, 9.17) is 0 Å². The van der Waals surface area contributed by atoms with Crippen LogP contribution in [-0.4, -0.2) is 36.8 Å². The minimum atomic E-state index is -4.72. The molecule has 0 unspecified atom stereocenters. The van der Waals surface area contributed by atoms with Gasteiger partial charge in [-0.1, -0.05) is 28.1 Å². The molecule has 0 aliphatic heterocycles. The lowest BCUT2D eigenvalue weighted by atomic mass is 10.1. The molecule has 0 fully saturated rings. The molecule has 204 valence electrons. The Hall–Kier alpha value is -4.52. The van der Waals surface area contributed by atoms with E-state index >= 15 is 0 Å². The van der Waals surface area contributed by atoms with Crippen LogP contribution in [0.4, 0.5) is 24.7 Å². The highest BCUT2D eigenvalue weighted by Crippen LogP contribution is 2.32. The second-order valence-electron chi connectivity index (χ2n) is 8.99. The SMILES string of the molecule is Cc1nn(Cc2ccc(C(=O)Nc3ccn[nH]3)cc2)c(C)c1NC(=O)c1cc(C(F)(F)F)nc2ccc(Br)cc12. The molecule has 0 aliphatic carbocycles. The number of pyridine rings is 1. The van der Waals surface area contributed by atoms with E-state index in [0.29, 0.717) is 39.5 Å². The maximum atomic E-state index is 13.5. The summed E-state index contributed by atoms with van der Waals surface area (Å²) in [7, 11) is 0. The monoisotopic (exact) mass is 611 g/mol. The van der Waals surface area contributed by atoms with Gasteiger partial charge in [0.2, 0.25) is 0 Å². The molecular formula is C27H21BrF3N7O2. The molecule has 2 aromatic carbocycles. The van der Waals surface area contributed by atoms with Gasteiger partial charge in [-0.3, -0.25) is 19.4 Å². The van der Waals surface area contributed by atoms with Gasteiger partial charge >= 0.3 is 6.18 Å². The lowest BCUT2D eigenvalue weighted by molar-refractivity contribution is -0.141. The van der Waals surface area contributed by atoms with Gasteiger partial charge in [0, 0.05) is 21.5 Å². The summed E-state index contributed by atoms with van der Waals surface area (Å²) in [6.07, 6.45) is -3.19. The van der Waals surface area contributed by atoms with E-state index < -0.39 is 17.8 Å². The van der Waals surface area contributed by atoms with Crippen LogP contribution in [0.1, 0.15) is 43.4 Å². The third kappa shape index (κ3) is 5.59. The summed E-state index contributed by atoms with van der Waals surface area (Å²) in [5.41, 5.74) is 1.55. The third-order valence-corrected chi connectivity index (χ3v) is 6.72. The van der Waals surface area contributed by atoms with Gasteiger partial charge in [0.1, 0.15) is 11.5 Å². The maximum Gasteiger partial charge on any atom is 0.433 e. The molecule has 0 saturated heterocycles. The van der Waals surface area contributed by atoms with Crippen LogP contribution in [0.3, 0.4) is 0 Å². The van der Waals surface area contributed by atoms with E-state index in [1.165, 1.54) is 12.3 Å². The summed E-state index contributed by atoms with van der Waals surface area (Å²) in [5.74, 6) is -0.529. The Morgan fingerprint density at radius 2 is 1.75 bits per heavy atom. The van der Waals surface area contributed by atoms with Gasteiger partial charge in [-0.2, -0.15) is 23.4 Å². The zero-order chi connectivity index (χ0) is 28.6. The summed E-state index contributed by atoms with van der Waals surface area (Å²) >= 11 is 3.30. The second-order valence-corrected chi connectivity index (χ2v) is 9.91. The number of carbonyl (C=O) groups is 2. The van der Waals surface area contributed by atoms with Crippen molar-refractivity contribution in [3.63, 3.8) is 0 Å². The number of halogens is 4. The largest absolute Gasteiger partial charge is 0.433 e. The molecule has 3 N–H and O–H groups in total. The fraction of sp³-hybridized carbons (Fsp3) is 0.148. The topological polar surface area (TPSA) is 118 Å². The Morgan fingerprint density at radius 3 is 2.42 bits per heavy atom. The van der Waals surface area contributed by atoms with Gasteiger partial charge in [0.05, 0.1) is 40.9 Å². The van der Waals surface area contributed by atoms with Crippen LogP contribution in [0, 0.1) is 13.8 Å². The first-order chi connectivity index (χ1) is 19.0. The average molecular weight is 612 g/mol. The molecule has 3 aromatic heterocycles. The number of fused-ring (bicyclic) bond motifs is 1. The number of hydrogen-bond donors (Lipinski definition) is 3. The highest BCUT2D eigenvalue weighted by atomic mass is 79.9. The summed E-state index contributed by atoms with van der Waals surface area (Å²) in [4.78, 5) is 29.4. The molecule has 0 spiro atoms. The quantitative estimate of drug-likeness (QED) is 0.214. The molecule has 0 radical (unpaired) electrons. The van der Waals surface area contributed by atoms with E-state index in [-0.39, 0.29) is 22.4 Å². The normalized spacial score (nSPS) is 11.6. The van der Waals surface area contributed by atoms with Crippen LogP contribution in [-0.2, 0) is 12.7 Å². The summed E-state index contributed by atoms with van der Waals surface area (Å²) < 4.78 is 42.8. The van der Waals surface area contributed by atoms with Crippen LogP contribution < -0.4 is 10.6 Å². The standard InChI is InChI=1S/C27H21BrF3N7O2/c1-14-24(35-26(40)20-12-22(27(29,30)31)33-21-8-7-18(28)11-19(20)21)15(2)38(37-14)13-16-3-5-17(6-4-16)25(39)34-23-9-10-32-36-23/h3-12H,13H2,1-2H3,(H,35,40)(H2,32,34,36,39). The zero-order valence-corrected chi connectivity index (χ0v) is 22.7. The number of anilines is 2. The molecule has 2 amide bonds. The molecule has 13 heteroatoms. The van der Waals surface area contributed by atoms with Gasteiger partial charge in [-0.05, 0) is 55.8 Å². The van der Waals surface area contributed by atoms with Gasteiger partial charge < -0.3 is 10.6 Å². The number of aromatic amines is 1. The van der Waals surface area contributed by atoms with Crippen molar-refractivity contribution in [2.75, 3.05) is 10.6 Å². The van der Waals surface area contributed by atoms with Crippen molar-refractivity contribution in [2.45, 2.75) is 26.6 Å². The molecule has 0 bridgehead atoms. The number of H-pyrrole nitrogens is 1. The minimum Gasteiger partial charge on any atom is -0.319 e. The number of nitrogens with zero attached hydrogens (tertiary/aromatic N) is 4. The van der Waals surface area contributed by atoms with Gasteiger partial charge in [-0.15, -0.1) is 0 Å². The Bertz CT molecular complexity index is 1730. The van der Waals surface area contributed by atoms with Crippen LogP contribution in [0.25, 0.3) is 10.9 Å². The Balaban J connectivity index is 1.37. The molecule has 9 nitrogen and oxygen atoms in total. The molecule has 40 heavy (non-hydrogen) atoms. The third-order valence-electron chi connectivity index (χ3n) is 6.22. The number of amides is 2. The van der Waals surface area contributed by atoms with Crippen molar-refractivity contribution >= 4 is 50.2 Å². The van der Waals surface area contributed by atoms with Crippen molar-refractivity contribution in [3.05, 3.63) is 99.0 Å². The first-order valence-electron chi connectivity index (χ1n) is 11.9. The predicted octanol–water partition coefficient (Wildman–Crippen LogP) is 6.11. The number of alkyl halides is 3. The van der Waals surface area contributed by atoms with Crippen molar-refractivity contribution in [3.8, 4) is 0 Å². The molecule has 0 atom stereocenters. The van der Waals surface area contributed by atoms with Crippen molar-refractivity contribution in [2.24, 2.45) is 0 Å². The summed E-state index contributed by atoms with van der Waals surface area (Å²) in [6.45, 7) is 3.79. The highest BCUT2D eigenvalue weighted by Gasteiger charge is 2.34. The van der Waals surface area contributed by atoms with E-state index in [1.54, 1.807) is 61.0 Å². The Kier molecular flexibility index (Phi) is 7.15. The molecule has 3 heterocycles. The fourth-order valence-corrected chi connectivity index (χ4v) is 4.56. The minimum absolute atomic E-state index is 0.0500. The maximum absolute atomic E-state index is 13.5. The summed E-state index contributed by atoms with van der Waals surface area (Å²) in [6, 6.07) is 13.9. The fourth-order valence-electron chi connectivity index (χ4n) is 4.20. The van der Waals surface area contributed by atoms with Crippen molar-refractivity contribution in [1.82, 2.24) is 25.0 Å². The molecule has 0 saturated carbocycles. The number of hydrogen-bond acceptors (Lipinski definition) is 5. The van der Waals surface area contributed by atoms with E-state index in [2.05, 4.69) is 46.8 Å². The highest BCUT2D eigenvalue weighted by molar-refractivity contribution is 9.10. The first-order valence-corrected chi connectivity index (χ1v) is 12.7.